The second-order valence-electron chi connectivity index (χ2n) is 4.93. The number of carbonyl (C=O) groups is 1. The van der Waals surface area contributed by atoms with Crippen LogP contribution in [0.2, 0.25) is 5.02 Å². The van der Waals surface area contributed by atoms with Crippen molar-refractivity contribution < 1.29 is 9.53 Å². The molecule has 4 heteroatoms. The molecular formula is C18H20ClNO2. The van der Waals surface area contributed by atoms with Crippen LogP contribution in [0.25, 0.3) is 11.3 Å². The Labute approximate surface area is 136 Å². The number of aromatic nitrogens is 1. The summed E-state index contributed by atoms with van der Waals surface area (Å²) in [5, 5.41) is 0.372. The summed E-state index contributed by atoms with van der Waals surface area (Å²) in [6, 6.07) is 8.02. The van der Waals surface area contributed by atoms with Gasteiger partial charge in [-0.3, -0.25) is 4.98 Å². The van der Waals surface area contributed by atoms with Gasteiger partial charge in [-0.05, 0) is 37.0 Å². The fourth-order valence-corrected chi connectivity index (χ4v) is 2.73. The molecule has 0 saturated heterocycles. The standard InChI is InChI=1S/C18H20ClNO2/c1-4-12-8-7-9-13(5-2)17(12)16-10-15(19)14(11-20-16)18(21)22-6-3/h7-11H,4-6H2,1-3H3. The third kappa shape index (κ3) is 3.30. The van der Waals surface area contributed by atoms with Crippen LogP contribution in [0.15, 0.2) is 30.5 Å². The van der Waals surface area contributed by atoms with E-state index in [2.05, 4.69) is 37.0 Å². The first-order chi connectivity index (χ1) is 10.6. The lowest BCUT2D eigenvalue weighted by Crippen LogP contribution is -2.06. The number of pyridine rings is 1. The van der Waals surface area contributed by atoms with E-state index in [-0.39, 0.29) is 0 Å². The normalized spacial score (nSPS) is 10.5. The lowest BCUT2D eigenvalue weighted by atomic mass is 9.94. The minimum Gasteiger partial charge on any atom is -0.462 e. The number of halogens is 1. The molecule has 0 spiro atoms. The van der Waals surface area contributed by atoms with E-state index in [9.17, 15) is 4.79 Å². The van der Waals surface area contributed by atoms with Gasteiger partial charge in [-0.15, -0.1) is 0 Å². The van der Waals surface area contributed by atoms with Gasteiger partial charge in [0.15, 0.2) is 0 Å². The van der Waals surface area contributed by atoms with Gasteiger partial charge in [0, 0.05) is 11.8 Å². The number of nitrogens with zero attached hydrogens (tertiary/aromatic N) is 1. The van der Waals surface area contributed by atoms with E-state index >= 15 is 0 Å². The Kier molecular flexibility index (Phi) is 5.56. The van der Waals surface area contributed by atoms with E-state index < -0.39 is 5.97 Å². The molecule has 0 bridgehead atoms. The molecule has 0 aliphatic heterocycles. The van der Waals surface area contributed by atoms with Crippen molar-refractivity contribution in [1.29, 1.82) is 0 Å². The van der Waals surface area contributed by atoms with E-state index in [0.717, 1.165) is 24.1 Å². The molecule has 3 nitrogen and oxygen atoms in total. The Morgan fingerprint density at radius 1 is 1.18 bits per heavy atom. The van der Waals surface area contributed by atoms with Crippen molar-refractivity contribution in [3.8, 4) is 11.3 Å². The van der Waals surface area contributed by atoms with Crippen LogP contribution >= 0.6 is 11.6 Å². The van der Waals surface area contributed by atoms with E-state index in [1.54, 1.807) is 13.0 Å². The first-order valence-electron chi connectivity index (χ1n) is 7.56. The van der Waals surface area contributed by atoms with Crippen molar-refractivity contribution in [3.63, 3.8) is 0 Å². The number of rotatable bonds is 5. The third-order valence-electron chi connectivity index (χ3n) is 3.60. The van der Waals surface area contributed by atoms with Gasteiger partial charge in [-0.2, -0.15) is 0 Å². The van der Waals surface area contributed by atoms with E-state index in [4.69, 9.17) is 16.3 Å². The summed E-state index contributed by atoms with van der Waals surface area (Å²) in [6.45, 7) is 6.31. The van der Waals surface area contributed by atoms with Crippen LogP contribution in [-0.4, -0.2) is 17.6 Å². The molecule has 0 unspecified atom stereocenters. The molecule has 1 aromatic carbocycles. The van der Waals surface area contributed by atoms with Crippen molar-refractivity contribution in [2.24, 2.45) is 0 Å². The second kappa shape index (κ2) is 7.41. The monoisotopic (exact) mass is 317 g/mol. The van der Waals surface area contributed by atoms with Crippen LogP contribution in [-0.2, 0) is 17.6 Å². The number of ether oxygens (including phenoxy) is 1. The molecule has 0 amide bonds. The van der Waals surface area contributed by atoms with Crippen molar-refractivity contribution >= 4 is 17.6 Å². The number of hydrogen-bond donors (Lipinski definition) is 0. The maximum atomic E-state index is 11.8. The van der Waals surface area contributed by atoms with Crippen LogP contribution in [0.4, 0.5) is 0 Å². The number of benzene rings is 1. The van der Waals surface area contributed by atoms with Crippen LogP contribution in [0.5, 0.6) is 0 Å². The molecule has 0 aliphatic rings. The first-order valence-corrected chi connectivity index (χ1v) is 7.93. The predicted molar refractivity (Wildman–Crippen MR) is 89.4 cm³/mol. The van der Waals surface area contributed by atoms with Gasteiger partial charge < -0.3 is 4.74 Å². The second-order valence-corrected chi connectivity index (χ2v) is 5.34. The summed E-state index contributed by atoms with van der Waals surface area (Å²) in [6.07, 6.45) is 3.34. The fourth-order valence-electron chi connectivity index (χ4n) is 2.50. The molecular weight excluding hydrogens is 298 g/mol. The van der Waals surface area contributed by atoms with Crippen LogP contribution in [0.1, 0.15) is 42.3 Å². The summed E-state index contributed by atoms with van der Waals surface area (Å²) in [5.74, 6) is -0.439. The Morgan fingerprint density at radius 3 is 2.32 bits per heavy atom. The number of aryl methyl sites for hydroxylation is 2. The maximum Gasteiger partial charge on any atom is 0.341 e. The molecule has 0 saturated carbocycles. The predicted octanol–water partition coefficient (Wildman–Crippen LogP) is 4.70. The summed E-state index contributed by atoms with van der Waals surface area (Å²) in [5.41, 5.74) is 4.68. The highest BCUT2D eigenvalue weighted by molar-refractivity contribution is 6.33. The van der Waals surface area contributed by atoms with E-state index in [0.29, 0.717) is 17.2 Å². The molecule has 1 aromatic heterocycles. The zero-order chi connectivity index (χ0) is 16.1. The van der Waals surface area contributed by atoms with E-state index in [1.165, 1.54) is 17.3 Å². The van der Waals surface area contributed by atoms with Crippen molar-refractivity contribution in [2.75, 3.05) is 6.61 Å². The Bertz CT molecular complexity index is 661. The van der Waals surface area contributed by atoms with Gasteiger partial charge in [0.2, 0.25) is 0 Å². The Hall–Kier alpha value is -1.87. The molecule has 2 aromatic rings. The molecule has 0 fully saturated rings. The largest absolute Gasteiger partial charge is 0.462 e. The van der Waals surface area contributed by atoms with Crippen LogP contribution < -0.4 is 0 Å². The zero-order valence-electron chi connectivity index (χ0n) is 13.1. The fraction of sp³-hybridized carbons (Fsp3) is 0.333. The van der Waals surface area contributed by atoms with Gasteiger partial charge in [0.25, 0.3) is 0 Å². The highest BCUT2D eigenvalue weighted by Gasteiger charge is 2.16. The van der Waals surface area contributed by atoms with Crippen molar-refractivity contribution in [2.45, 2.75) is 33.6 Å². The highest BCUT2D eigenvalue weighted by Crippen LogP contribution is 2.30. The average molecular weight is 318 g/mol. The molecule has 22 heavy (non-hydrogen) atoms. The molecule has 0 aliphatic carbocycles. The maximum absolute atomic E-state index is 11.8. The zero-order valence-corrected chi connectivity index (χ0v) is 13.9. The number of carbonyl (C=O) groups excluding carboxylic acids is 1. The molecule has 0 N–H and O–H groups in total. The SMILES string of the molecule is CCOC(=O)c1cnc(-c2c(CC)cccc2CC)cc1Cl. The topological polar surface area (TPSA) is 39.2 Å². The quantitative estimate of drug-likeness (QED) is 0.750. The van der Waals surface area contributed by atoms with Gasteiger partial charge in [-0.25, -0.2) is 4.79 Å². The van der Waals surface area contributed by atoms with Gasteiger partial charge >= 0.3 is 5.97 Å². The Balaban J connectivity index is 2.51. The van der Waals surface area contributed by atoms with Crippen molar-refractivity contribution in [1.82, 2.24) is 4.98 Å². The molecule has 0 atom stereocenters. The first kappa shape index (κ1) is 16.5. The van der Waals surface area contributed by atoms with Gasteiger partial charge in [-0.1, -0.05) is 43.6 Å². The van der Waals surface area contributed by atoms with Gasteiger partial charge in [0.1, 0.15) is 0 Å². The van der Waals surface area contributed by atoms with Gasteiger partial charge in [0.05, 0.1) is 22.9 Å². The molecule has 0 radical (unpaired) electrons. The van der Waals surface area contributed by atoms with Crippen molar-refractivity contribution in [3.05, 3.63) is 52.2 Å². The summed E-state index contributed by atoms with van der Waals surface area (Å²) < 4.78 is 4.98. The summed E-state index contributed by atoms with van der Waals surface area (Å²) >= 11 is 6.26. The lowest BCUT2D eigenvalue weighted by molar-refractivity contribution is 0.0526. The number of esters is 1. The minimum absolute atomic E-state index is 0.305. The van der Waals surface area contributed by atoms with Crippen LogP contribution in [0, 0.1) is 0 Å². The molecule has 2 rings (SSSR count). The summed E-state index contributed by atoms with van der Waals surface area (Å²) in [7, 11) is 0. The highest BCUT2D eigenvalue weighted by atomic mass is 35.5. The minimum atomic E-state index is -0.439. The molecule has 116 valence electrons. The third-order valence-corrected chi connectivity index (χ3v) is 3.92. The summed E-state index contributed by atoms with van der Waals surface area (Å²) in [4.78, 5) is 16.3. The molecule has 1 heterocycles. The lowest BCUT2D eigenvalue weighted by Gasteiger charge is -2.13. The van der Waals surface area contributed by atoms with Crippen LogP contribution in [0.3, 0.4) is 0 Å². The smallest absolute Gasteiger partial charge is 0.341 e. The average Bonchev–Trinajstić information content (AvgIpc) is 2.53. The Morgan fingerprint density at radius 2 is 1.82 bits per heavy atom. The van der Waals surface area contributed by atoms with E-state index in [1.807, 2.05) is 0 Å². The number of hydrogen-bond acceptors (Lipinski definition) is 3.